The highest BCUT2D eigenvalue weighted by atomic mass is 19.1. The largest absolute Gasteiger partial charge is 0.477 e. The Kier molecular flexibility index (Phi) is 3.91. The summed E-state index contributed by atoms with van der Waals surface area (Å²) in [5, 5.41) is 14.7. The normalized spacial score (nSPS) is 15.6. The Morgan fingerprint density at radius 2 is 2.00 bits per heavy atom. The number of pyridine rings is 2. The number of fused-ring (bicyclic) bond motifs is 1. The zero-order chi connectivity index (χ0) is 17.4. The van der Waals surface area contributed by atoms with Crippen LogP contribution in [0, 0.1) is 5.95 Å². The van der Waals surface area contributed by atoms with Gasteiger partial charge in [0, 0.05) is 17.1 Å². The average Bonchev–Trinajstić information content (AvgIpc) is 3.06. The quantitative estimate of drug-likeness (QED) is 0.733. The van der Waals surface area contributed by atoms with Crippen molar-refractivity contribution < 1.29 is 14.3 Å². The van der Waals surface area contributed by atoms with E-state index in [1.807, 2.05) is 4.68 Å². The van der Waals surface area contributed by atoms with Gasteiger partial charge in [-0.05, 0) is 36.6 Å². The molecule has 128 valence electrons. The van der Waals surface area contributed by atoms with Gasteiger partial charge in [0.05, 0.1) is 12.2 Å². The van der Waals surface area contributed by atoms with E-state index in [9.17, 15) is 14.3 Å². The Bertz CT molecular complexity index is 930. The number of hydrogen-bond donors (Lipinski definition) is 1. The van der Waals surface area contributed by atoms with Crippen molar-refractivity contribution in [1.29, 1.82) is 0 Å². The summed E-state index contributed by atoms with van der Waals surface area (Å²) in [5.41, 5.74) is 1.80. The van der Waals surface area contributed by atoms with E-state index in [-0.39, 0.29) is 11.7 Å². The molecular formula is C18H17FN4O2. The molecule has 25 heavy (non-hydrogen) atoms. The first-order valence-electron chi connectivity index (χ1n) is 8.37. The maximum absolute atomic E-state index is 13.1. The summed E-state index contributed by atoms with van der Waals surface area (Å²) < 4.78 is 15.0. The highest BCUT2D eigenvalue weighted by Crippen LogP contribution is 2.33. The zero-order valence-electron chi connectivity index (χ0n) is 13.5. The van der Waals surface area contributed by atoms with Gasteiger partial charge >= 0.3 is 5.97 Å². The first-order valence-corrected chi connectivity index (χ1v) is 8.37. The lowest BCUT2D eigenvalue weighted by Gasteiger charge is -2.22. The molecule has 3 heterocycles. The Hall–Kier alpha value is -2.83. The maximum atomic E-state index is 13.1. The molecule has 0 amide bonds. The summed E-state index contributed by atoms with van der Waals surface area (Å²) in [4.78, 5) is 19.5. The van der Waals surface area contributed by atoms with Crippen molar-refractivity contribution >= 4 is 17.0 Å². The van der Waals surface area contributed by atoms with Crippen LogP contribution in [0.25, 0.3) is 22.2 Å². The highest BCUT2D eigenvalue weighted by Gasteiger charge is 2.22. The minimum absolute atomic E-state index is 0.0515. The minimum Gasteiger partial charge on any atom is -0.477 e. The van der Waals surface area contributed by atoms with Gasteiger partial charge in [-0.15, -0.1) is 0 Å². The molecule has 0 spiro atoms. The van der Waals surface area contributed by atoms with Crippen molar-refractivity contribution in [3.8, 4) is 11.1 Å². The fraction of sp³-hybridized carbons (Fsp3) is 0.333. The molecule has 1 aliphatic carbocycles. The molecule has 0 bridgehead atoms. The van der Waals surface area contributed by atoms with Crippen molar-refractivity contribution in [3.05, 3.63) is 42.2 Å². The molecule has 1 aliphatic rings. The van der Waals surface area contributed by atoms with Crippen LogP contribution < -0.4 is 0 Å². The molecule has 3 aromatic heterocycles. The van der Waals surface area contributed by atoms with E-state index in [0.29, 0.717) is 16.8 Å². The molecule has 1 saturated carbocycles. The van der Waals surface area contributed by atoms with Gasteiger partial charge < -0.3 is 5.11 Å². The van der Waals surface area contributed by atoms with E-state index in [1.54, 1.807) is 12.3 Å². The van der Waals surface area contributed by atoms with Crippen molar-refractivity contribution in [2.45, 2.75) is 38.1 Å². The summed E-state index contributed by atoms with van der Waals surface area (Å²) >= 11 is 0. The van der Waals surface area contributed by atoms with E-state index in [0.717, 1.165) is 31.1 Å². The number of aromatic nitrogens is 4. The van der Waals surface area contributed by atoms with Gasteiger partial charge in [-0.2, -0.15) is 9.49 Å². The van der Waals surface area contributed by atoms with Crippen LogP contribution in [0.5, 0.6) is 0 Å². The number of carboxylic acids is 1. The zero-order valence-corrected chi connectivity index (χ0v) is 13.5. The second-order valence-electron chi connectivity index (χ2n) is 6.35. The van der Waals surface area contributed by atoms with Crippen LogP contribution in [0.2, 0.25) is 0 Å². The lowest BCUT2D eigenvalue weighted by Crippen LogP contribution is -2.15. The lowest BCUT2D eigenvalue weighted by atomic mass is 9.95. The molecule has 6 nitrogen and oxygen atoms in total. The summed E-state index contributed by atoms with van der Waals surface area (Å²) in [5.74, 6) is -1.68. The standard InChI is InChI=1S/C18H17FN4O2/c19-16-7-6-11(9-20-16)13-8-15(18(24)25)22-17-14(13)10-21-23(17)12-4-2-1-3-5-12/h6-10,12H,1-5H2,(H,24,25). The molecule has 0 unspecified atom stereocenters. The molecule has 1 fully saturated rings. The average molecular weight is 340 g/mol. The third kappa shape index (κ3) is 2.86. The van der Waals surface area contributed by atoms with Crippen molar-refractivity contribution in [2.24, 2.45) is 0 Å². The number of hydrogen-bond acceptors (Lipinski definition) is 4. The van der Waals surface area contributed by atoms with Gasteiger partial charge in [-0.25, -0.2) is 19.4 Å². The van der Waals surface area contributed by atoms with Crippen LogP contribution in [-0.4, -0.2) is 30.8 Å². The third-order valence-corrected chi connectivity index (χ3v) is 4.74. The fourth-order valence-corrected chi connectivity index (χ4v) is 3.49. The lowest BCUT2D eigenvalue weighted by molar-refractivity contribution is 0.0691. The van der Waals surface area contributed by atoms with E-state index in [2.05, 4.69) is 15.1 Å². The van der Waals surface area contributed by atoms with Crippen molar-refractivity contribution in [2.75, 3.05) is 0 Å². The number of aromatic carboxylic acids is 1. The van der Waals surface area contributed by atoms with E-state index < -0.39 is 11.9 Å². The predicted octanol–water partition coefficient (Wildman–Crippen LogP) is 3.84. The molecule has 1 N–H and O–H groups in total. The number of carboxylic acid groups (broad SMARTS) is 1. The monoisotopic (exact) mass is 340 g/mol. The van der Waals surface area contributed by atoms with Gasteiger partial charge in [0.1, 0.15) is 0 Å². The van der Waals surface area contributed by atoms with Gasteiger partial charge in [0.2, 0.25) is 5.95 Å². The SMILES string of the molecule is O=C(O)c1cc(-c2ccc(F)nc2)c2cnn(C3CCCCC3)c2n1. The van der Waals surface area contributed by atoms with Crippen LogP contribution in [0.4, 0.5) is 4.39 Å². The first-order chi connectivity index (χ1) is 12.1. The fourth-order valence-electron chi connectivity index (χ4n) is 3.49. The first kappa shape index (κ1) is 15.7. The summed E-state index contributed by atoms with van der Waals surface area (Å²) in [6, 6.07) is 4.57. The van der Waals surface area contributed by atoms with Crippen LogP contribution in [0.3, 0.4) is 0 Å². The van der Waals surface area contributed by atoms with Crippen molar-refractivity contribution in [1.82, 2.24) is 19.7 Å². The summed E-state index contributed by atoms with van der Waals surface area (Å²) in [6.07, 6.45) is 8.64. The molecule has 4 rings (SSSR count). The summed E-state index contributed by atoms with van der Waals surface area (Å²) in [7, 11) is 0. The second-order valence-corrected chi connectivity index (χ2v) is 6.35. The van der Waals surface area contributed by atoms with Crippen LogP contribution >= 0.6 is 0 Å². The molecule has 0 radical (unpaired) electrons. The van der Waals surface area contributed by atoms with Crippen LogP contribution in [0.1, 0.15) is 48.6 Å². The Balaban J connectivity index is 1.91. The Morgan fingerprint density at radius 1 is 1.20 bits per heavy atom. The van der Waals surface area contributed by atoms with Crippen LogP contribution in [-0.2, 0) is 0 Å². The summed E-state index contributed by atoms with van der Waals surface area (Å²) in [6.45, 7) is 0. The van der Waals surface area contributed by atoms with E-state index >= 15 is 0 Å². The minimum atomic E-state index is -1.10. The highest BCUT2D eigenvalue weighted by molar-refractivity contribution is 5.97. The molecule has 7 heteroatoms. The number of nitrogens with zero attached hydrogens (tertiary/aromatic N) is 4. The number of rotatable bonds is 3. The molecule has 0 atom stereocenters. The molecule has 0 saturated heterocycles. The Labute approximate surface area is 143 Å². The smallest absolute Gasteiger partial charge is 0.354 e. The van der Waals surface area contributed by atoms with Crippen molar-refractivity contribution in [3.63, 3.8) is 0 Å². The molecule has 0 aliphatic heterocycles. The topological polar surface area (TPSA) is 80.9 Å². The molecule has 3 aromatic rings. The van der Waals surface area contributed by atoms with E-state index in [1.165, 1.54) is 24.8 Å². The van der Waals surface area contributed by atoms with Crippen LogP contribution in [0.15, 0.2) is 30.6 Å². The molecule has 0 aromatic carbocycles. The van der Waals surface area contributed by atoms with E-state index in [4.69, 9.17) is 0 Å². The second kappa shape index (κ2) is 6.23. The maximum Gasteiger partial charge on any atom is 0.354 e. The molecular weight excluding hydrogens is 323 g/mol. The van der Waals surface area contributed by atoms with Gasteiger partial charge in [-0.3, -0.25) is 0 Å². The van der Waals surface area contributed by atoms with Gasteiger partial charge in [-0.1, -0.05) is 19.3 Å². The van der Waals surface area contributed by atoms with Gasteiger partial charge in [0.25, 0.3) is 0 Å². The number of carbonyl (C=O) groups is 1. The van der Waals surface area contributed by atoms with Gasteiger partial charge in [0.15, 0.2) is 11.3 Å². The number of halogens is 1. The predicted molar refractivity (Wildman–Crippen MR) is 89.8 cm³/mol. The third-order valence-electron chi connectivity index (χ3n) is 4.74. The Morgan fingerprint density at radius 3 is 2.68 bits per heavy atom.